The summed E-state index contributed by atoms with van der Waals surface area (Å²) in [7, 11) is 1.28. The number of hydrogen-bond acceptors (Lipinski definition) is 7. The molecular formula is C27H32F3N3O7. The van der Waals surface area contributed by atoms with Crippen molar-refractivity contribution in [3.63, 3.8) is 0 Å². The van der Waals surface area contributed by atoms with Crippen molar-refractivity contribution in [2.24, 2.45) is 0 Å². The molecule has 2 atom stereocenters. The van der Waals surface area contributed by atoms with Gasteiger partial charge in [0.05, 0.1) is 13.2 Å². The Hall–Kier alpha value is -4.13. The van der Waals surface area contributed by atoms with E-state index < -0.39 is 30.2 Å². The Morgan fingerprint density at radius 3 is 2.27 bits per heavy atom. The third-order valence-electron chi connectivity index (χ3n) is 5.85. The summed E-state index contributed by atoms with van der Waals surface area (Å²) < 4.78 is 41.7. The van der Waals surface area contributed by atoms with Gasteiger partial charge in [0.1, 0.15) is 12.6 Å². The minimum atomic E-state index is -5.08. The number of alkyl halides is 3. The number of halogens is 3. The third kappa shape index (κ3) is 11.3. The average Bonchev–Trinajstić information content (AvgIpc) is 2.94. The second-order valence-corrected chi connectivity index (χ2v) is 8.78. The molecule has 4 N–H and O–H groups in total. The molecule has 40 heavy (non-hydrogen) atoms. The summed E-state index contributed by atoms with van der Waals surface area (Å²) in [4.78, 5) is 45.5. The fraction of sp³-hybridized carbons (Fsp3) is 0.407. The third-order valence-corrected chi connectivity index (χ3v) is 5.85. The first-order chi connectivity index (χ1) is 19.0. The molecule has 0 aliphatic carbocycles. The Morgan fingerprint density at radius 1 is 1.02 bits per heavy atom. The first kappa shape index (κ1) is 32.1. The van der Waals surface area contributed by atoms with Crippen LogP contribution in [0.1, 0.15) is 36.0 Å². The van der Waals surface area contributed by atoms with E-state index in [1.807, 2.05) is 42.5 Å². The first-order valence-electron chi connectivity index (χ1n) is 12.4. The maximum Gasteiger partial charge on any atom is 0.490 e. The summed E-state index contributed by atoms with van der Waals surface area (Å²) in [5.74, 6) is -3.31. The summed E-state index contributed by atoms with van der Waals surface area (Å²) in [5.41, 5.74) is 3.28. The Morgan fingerprint density at radius 2 is 1.65 bits per heavy atom. The minimum absolute atomic E-state index is 0.0309. The van der Waals surface area contributed by atoms with Crippen LogP contribution < -0.4 is 16.0 Å². The van der Waals surface area contributed by atoms with Crippen molar-refractivity contribution >= 4 is 23.9 Å². The molecule has 218 valence electrons. The van der Waals surface area contributed by atoms with Crippen molar-refractivity contribution in [1.29, 1.82) is 0 Å². The largest absolute Gasteiger partial charge is 0.490 e. The number of hydrogen-bond donors (Lipinski definition) is 4. The number of carboxylic acid groups (broad SMARTS) is 1. The molecule has 0 unspecified atom stereocenters. The van der Waals surface area contributed by atoms with Crippen molar-refractivity contribution in [1.82, 2.24) is 16.0 Å². The molecule has 10 nitrogen and oxygen atoms in total. The number of alkyl carbamates (subject to hydrolysis) is 1. The van der Waals surface area contributed by atoms with Crippen LogP contribution in [0.3, 0.4) is 0 Å². The summed E-state index contributed by atoms with van der Waals surface area (Å²) in [6, 6.07) is 16.4. The molecule has 0 radical (unpaired) electrons. The van der Waals surface area contributed by atoms with E-state index >= 15 is 0 Å². The summed E-state index contributed by atoms with van der Waals surface area (Å²) >= 11 is 0. The predicted octanol–water partition coefficient (Wildman–Crippen LogP) is 3.09. The van der Waals surface area contributed by atoms with Crippen LogP contribution in [-0.2, 0) is 43.4 Å². The number of benzene rings is 2. The van der Waals surface area contributed by atoms with Crippen LogP contribution in [0.5, 0.6) is 0 Å². The van der Waals surface area contributed by atoms with E-state index in [9.17, 15) is 27.6 Å². The molecular weight excluding hydrogens is 535 g/mol. The lowest BCUT2D eigenvalue weighted by atomic mass is 9.95. The van der Waals surface area contributed by atoms with Crippen LogP contribution in [0.15, 0.2) is 54.6 Å². The van der Waals surface area contributed by atoms with Crippen molar-refractivity contribution in [3.8, 4) is 0 Å². The fourth-order valence-electron chi connectivity index (χ4n) is 3.75. The van der Waals surface area contributed by atoms with Gasteiger partial charge in [-0.2, -0.15) is 13.2 Å². The van der Waals surface area contributed by atoms with Gasteiger partial charge in [0, 0.05) is 13.1 Å². The van der Waals surface area contributed by atoms with Crippen molar-refractivity contribution in [2.45, 2.75) is 57.1 Å². The van der Waals surface area contributed by atoms with Crippen molar-refractivity contribution < 1.29 is 46.9 Å². The molecule has 2 amide bonds. The zero-order valence-corrected chi connectivity index (χ0v) is 21.8. The number of ether oxygens (including phenoxy) is 2. The number of aliphatic carboxylic acids is 1. The Kier molecular flexibility index (Phi) is 12.9. The van der Waals surface area contributed by atoms with Crippen LogP contribution in [0.4, 0.5) is 18.0 Å². The number of esters is 1. The minimum Gasteiger partial charge on any atom is -0.475 e. The topological polar surface area (TPSA) is 143 Å². The van der Waals surface area contributed by atoms with Gasteiger partial charge < -0.3 is 30.5 Å². The van der Waals surface area contributed by atoms with Gasteiger partial charge in [-0.25, -0.2) is 14.4 Å². The lowest BCUT2D eigenvalue weighted by molar-refractivity contribution is -0.192. The molecule has 1 heterocycles. The van der Waals surface area contributed by atoms with Gasteiger partial charge in [-0.15, -0.1) is 0 Å². The molecule has 0 saturated carbocycles. The SMILES string of the molecule is COC(=O)[C@H](CCCCNC(=O)[C@@H]1Cc2ccccc2CN1)NC(=O)OCc1ccccc1.O=C(O)C(F)(F)F. The van der Waals surface area contributed by atoms with Gasteiger partial charge in [0.15, 0.2) is 0 Å². The molecule has 2 aromatic rings. The van der Waals surface area contributed by atoms with Gasteiger partial charge in [-0.1, -0.05) is 54.6 Å². The highest BCUT2D eigenvalue weighted by Gasteiger charge is 2.38. The van der Waals surface area contributed by atoms with E-state index in [2.05, 4.69) is 28.1 Å². The molecule has 1 aliphatic rings. The molecule has 3 rings (SSSR count). The van der Waals surface area contributed by atoms with Crippen LogP contribution in [0.25, 0.3) is 0 Å². The van der Waals surface area contributed by atoms with Gasteiger partial charge in [-0.05, 0) is 42.4 Å². The molecule has 0 saturated heterocycles. The zero-order valence-electron chi connectivity index (χ0n) is 21.8. The first-order valence-corrected chi connectivity index (χ1v) is 12.4. The number of fused-ring (bicyclic) bond motifs is 1. The quantitative estimate of drug-likeness (QED) is 0.253. The molecule has 1 aliphatic heterocycles. The second-order valence-electron chi connectivity index (χ2n) is 8.78. The van der Waals surface area contributed by atoms with Crippen LogP contribution in [-0.4, -0.2) is 61.0 Å². The van der Waals surface area contributed by atoms with E-state index in [0.29, 0.717) is 38.8 Å². The highest BCUT2D eigenvalue weighted by Crippen LogP contribution is 2.16. The lowest BCUT2D eigenvalue weighted by Crippen LogP contribution is -2.47. The number of carbonyl (C=O) groups excluding carboxylic acids is 3. The van der Waals surface area contributed by atoms with Gasteiger partial charge in [-0.3, -0.25) is 4.79 Å². The monoisotopic (exact) mass is 567 g/mol. The van der Waals surface area contributed by atoms with E-state index in [1.54, 1.807) is 0 Å². The fourth-order valence-corrected chi connectivity index (χ4v) is 3.75. The van der Waals surface area contributed by atoms with Crippen LogP contribution >= 0.6 is 0 Å². The van der Waals surface area contributed by atoms with Crippen molar-refractivity contribution in [3.05, 3.63) is 71.3 Å². The van der Waals surface area contributed by atoms with Crippen LogP contribution in [0.2, 0.25) is 0 Å². The lowest BCUT2D eigenvalue weighted by Gasteiger charge is -2.25. The maximum absolute atomic E-state index is 12.5. The molecule has 0 aromatic heterocycles. The number of carboxylic acids is 1. The highest BCUT2D eigenvalue weighted by molar-refractivity contribution is 5.82. The van der Waals surface area contributed by atoms with E-state index in [-0.39, 0.29) is 18.6 Å². The number of rotatable bonds is 10. The Labute approximate surface area is 229 Å². The van der Waals surface area contributed by atoms with Gasteiger partial charge >= 0.3 is 24.2 Å². The smallest absolute Gasteiger partial charge is 0.475 e. The summed E-state index contributed by atoms with van der Waals surface area (Å²) in [6.45, 7) is 1.29. The number of unbranched alkanes of at least 4 members (excludes halogenated alkanes) is 1. The second kappa shape index (κ2) is 16.1. The summed E-state index contributed by atoms with van der Waals surface area (Å²) in [6.07, 6.45) is -3.41. The number of nitrogens with one attached hydrogen (secondary N) is 3. The van der Waals surface area contributed by atoms with E-state index in [0.717, 1.165) is 5.56 Å². The zero-order chi connectivity index (χ0) is 29.5. The molecule has 13 heteroatoms. The normalized spacial score (nSPS) is 14.8. The van der Waals surface area contributed by atoms with E-state index in [4.69, 9.17) is 19.4 Å². The molecule has 0 fully saturated rings. The average molecular weight is 568 g/mol. The molecule has 0 spiro atoms. The molecule has 0 bridgehead atoms. The van der Waals surface area contributed by atoms with Crippen LogP contribution in [0, 0.1) is 0 Å². The highest BCUT2D eigenvalue weighted by atomic mass is 19.4. The standard InChI is InChI=1S/C25H31N3O5.C2HF3O2/c1-32-24(30)21(28-25(31)33-17-18-9-3-2-4-10-18)13-7-8-14-26-23(29)22-15-19-11-5-6-12-20(19)16-27-22;3-2(4,5)1(6)7/h2-6,9-12,21-22,27H,7-8,13-17H2,1H3,(H,26,29)(H,28,31);(H,6,7)/t21-,22-;/m0./s1. The predicted molar refractivity (Wildman–Crippen MR) is 137 cm³/mol. The maximum atomic E-state index is 12.5. The van der Waals surface area contributed by atoms with Crippen molar-refractivity contribution in [2.75, 3.05) is 13.7 Å². The van der Waals surface area contributed by atoms with E-state index in [1.165, 1.54) is 18.2 Å². The Balaban J connectivity index is 0.000000708. The Bertz CT molecular complexity index is 1130. The van der Waals surface area contributed by atoms with Gasteiger partial charge in [0.2, 0.25) is 5.91 Å². The number of carbonyl (C=O) groups is 4. The number of amides is 2. The number of methoxy groups -OCH3 is 1. The van der Waals surface area contributed by atoms with Gasteiger partial charge in [0.25, 0.3) is 0 Å². The summed E-state index contributed by atoms with van der Waals surface area (Å²) in [5, 5.41) is 15.9. The molecule has 2 aromatic carbocycles.